The molecular weight excluding hydrogens is 145 g/mol. The lowest BCUT2D eigenvalue weighted by atomic mass is 9.96. The zero-order chi connectivity index (χ0) is 8.27. The van der Waals surface area contributed by atoms with Gasteiger partial charge in [0.05, 0.1) is 6.67 Å². The summed E-state index contributed by atoms with van der Waals surface area (Å²) in [6.45, 7) is 2.34. The summed E-state index contributed by atoms with van der Waals surface area (Å²) in [6, 6.07) is 0. The van der Waals surface area contributed by atoms with Crippen molar-refractivity contribution in [3.05, 3.63) is 0 Å². The molecule has 2 nitrogen and oxygen atoms in total. The van der Waals surface area contributed by atoms with Gasteiger partial charge in [0.15, 0.2) is 0 Å². The molecule has 1 unspecified atom stereocenters. The number of carbonyl (C=O) groups excluding carboxylic acids is 1. The average molecular weight is 159 g/mol. The first-order valence-corrected chi connectivity index (χ1v) is 4.05. The predicted octanol–water partition coefficient (Wildman–Crippen LogP) is 1.12. The summed E-state index contributed by atoms with van der Waals surface area (Å²) in [5, 5.41) is 2.74. The molecule has 1 aliphatic heterocycles. The number of alkyl halides is 1. The van der Waals surface area contributed by atoms with Gasteiger partial charge in [0.2, 0.25) is 5.91 Å². The maximum Gasteiger partial charge on any atom is 0.220 e. The number of carbonyl (C=O) groups is 1. The molecule has 0 aromatic rings. The van der Waals surface area contributed by atoms with Gasteiger partial charge in [0, 0.05) is 13.0 Å². The Morgan fingerprint density at radius 2 is 2.55 bits per heavy atom. The molecule has 1 N–H and O–H groups in total. The summed E-state index contributed by atoms with van der Waals surface area (Å²) in [6.07, 6.45) is 1.42. The molecule has 0 saturated carbocycles. The zero-order valence-electron chi connectivity index (χ0n) is 6.77. The topological polar surface area (TPSA) is 29.1 Å². The van der Waals surface area contributed by atoms with Crippen molar-refractivity contribution in [3.63, 3.8) is 0 Å². The Bertz CT molecular complexity index is 149. The Morgan fingerprint density at radius 3 is 3.00 bits per heavy atom. The van der Waals surface area contributed by atoms with Crippen LogP contribution >= 0.6 is 0 Å². The van der Waals surface area contributed by atoms with E-state index in [4.69, 9.17) is 0 Å². The molecule has 0 spiro atoms. The van der Waals surface area contributed by atoms with Gasteiger partial charge in [-0.3, -0.25) is 9.18 Å². The highest BCUT2D eigenvalue weighted by molar-refractivity contribution is 5.78. The molecule has 1 fully saturated rings. The van der Waals surface area contributed by atoms with Crippen molar-refractivity contribution >= 4 is 5.91 Å². The molecule has 0 bridgehead atoms. The van der Waals surface area contributed by atoms with Crippen LogP contribution in [0.25, 0.3) is 0 Å². The Morgan fingerprint density at radius 1 is 1.82 bits per heavy atom. The van der Waals surface area contributed by atoms with Crippen LogP contribution in [0, 0.1) is 11.8 Å². The third-order valence-electron chi connectivity index (χ3n) is 2.06. The van der Waals surface area contributed by atoms with E-state index in [1.54, 1.807) is 0 Å². The third kappa shape index (κ3) is 2.48. The van der Waals surface area contributed by atoms with Crippen LogP contribution in [0.15, 0.2) is 0 Å². The van der Waals surface area contributed by atoms with Crippen molar-refractivity contribution in [1.82, 2.24) is 5.32 Å². The van der Waals surface area contributed by atoms with E-state index < -0.39 is 0 Å². The third-order valence-corrected chi connectivity index (χ3v) is 2.06. The zero-order valence-corrected chi connectivity index (χ0v) is 6.77. The quantitative estimate of drug-likeness (QED) is 0.656. The number of rotatable bonds is 3. The maximum absolute atomic E-state index is 12.0. The molecule has 1 saturated heterocycles. The monoisotopic (exact) mass is 159 g/mol. The lowest BCUT2D eigenvalue weighted by molar-refractivity contribution is -0.119. The molecule has 1 rings (SSSR count). The summed E-state index contributed by atoms with van der Waals surface area (Å²) in [5.74, 6) is 0.585. The van der Waals surface area contributed by atoms with Crippen LogP contribution in [-0.2, 0) is 4.79 Å². The number of halogens is 1. The number of hydrogen-bond donors (Lipinski definition) is 1. The van der Waals surface area contributed by atoms with Crippen molar-refractivity contribution in [2.75, 3.05) is 13.2 Å². The van der Waals surface area contributed by atoms with E-state index in [9.17, 15) is 9.18 Å². The van der Waals surface area contributed by atoms with Gasteiger partial charge in [-0.05, 0) is 18.3 Å². The Hall–Kier alpha value is -0.600. The lowest BCUT2D eigenvalue weighted by Crippen LogP contribution is -2.14. The standard InChI is InChI=1S/C8H14FNO/c1-6(4-9)2-7-3-8(11)10-5-7/h6-7H,2-5H2,1H3,(H,10,11)/t6-,7?/m0/s1. The van der Waals surface area contributed by atoms with E-state index in [1.165, 1.54) is 0 Å². The van der Waals surface area contributed by atoms with Crippen LogP contribution in [0.3, 0.4) is 0 Å². The van der Waals surface area contributed by atoms with Crippen LogP contribution in [-0.4, -0.2) is 19.1 Å². The maximum atomic E-state index is 12.0. The van der Waals surface area contributed by atoms with Crippen molar-refractivity contribution in [2.24, 2.45) is 11.8 Å². The highest BCUT2D eigenvalue weighted by Gasteiger charge is 2.22. The molecule has 0 aromatic carbocycles. The van der Waals surface area contributed by atoms with Crippen LogP contribution in [0.4, 0.5) is 4.39 Å². The number of hydrogen-bond acceptors (Lipinski definition) is 1. The van der Waals surface area contributed by atoms with E-state index in [0.717, 1.165) is 13.0 Å². The van der Waals surface area contributed by atoms with E-state index in [2.05, 4.69) is 5.32 Å². The Kier molecular flexibility index (Phi) is 2.85. The molecule has 11 heavy (non-hydrogen) atoms. The fourth-order valence-electron chi connectivity index (χ4n) is 1.46. The van der Waals surface area contributed by atoms with E-state index in [-0.39, 0.29) is 18.5 Å². The van der Waals surface area contributed by atoms with Gasteiger partial charge in [-0.15, -0.1) is 0 Å². The van der Waals surface area contributed by atoms with E-state index in [1.807, 2.05) is 6.92 Å². The molecule has 2 atom stereocenters. The first-order chi connectivity index (χ1) is 5.22. The first-order valence-electron chi connectivity index (χ1n) is 4.05. The van der Waals surface area contributed by atoms with Crippen molar-refractivity contribution in [3.8, 4) is 0 Å². The smallest absolute Gasteiger partial charge is 0.220 e. The first kappa shape index (κ1) is 8.50. The van der Waals surface area contributed by atoms with Gasteiger partial charge in [-0.25, -0.2) is 0 Å². The summed E-state index contributed by atoms with van der Waals surface area (Å²) in [7, 11) is 0. The lowest BCUT2D eigenvalue weighted by Gasteiger charge is -2.10. The van der Waals surface area contributed by atoms with Crippen LogP contribution in [0.1, 0.15) is 19.8 Å². The minimum Gasteiger partial charge on any atom is -0.356 e. The molecule has 1 amide bonds. The second-order valence-corrected chi connectivity index (χ2v) is 3.37. The van der Waals surface area contributed by atoms with E-state index in [0.29, 0.717) is 12.3 Å². The molecular formula is C8H14FNO. The van der Waals surface area contributed by atoms with E-state index >= 15 is 0 Å². The van der Waals surface area contributed by atoms with Crippen molar-refractivity contribution < 1.29 is 9.18 Å². The van der Waals surface area contributed by atoms with Crippen molar-refractivity contribution in [1.29, 1.82) is 0 Å². The van der Waals surface area contributed by atoms with Crippen LogP contribution < -0.4 is 5.32 Å². The molecule has 64 valence electrons. The Balaban J connectivity index is 2.22. The van der Waals surface area contributed by atoms with Gasteiger partial charge < -0.3 is 5.32 Å². The predicted molar refractivity (Wildman–Crippen MR) is 40.9 cm³/mol. The summed E-state index contributed by atoms with van der Waals surface area (Å²) >= 11 is 0. The number of nitrogens with one attached hydrogen (secondary N) is 1. The normalized spacial score (nSPS) is 26.7. The van der Waals surface area contributed by atoms with Gasteiger partial charge >= 0.3 is 0 Å². The highest BCUT2D eigenvalue weighted by Crippen LogP contribution is 2.18. The van der Waals surface area contributed by atoms with Crippen molar-refractivity contribution in [2.45, 2.75) is 19.8 Å². The van der Waals surface area contributed by atoms with Crippen LogP contribution in [0.2, 0.25) is 0 Å². The fraction of sp³-hybridized carbons (Fsp3) is 0.875. The minimum absolute atomic E-state index is 0.104. The average Bonchev–Trinajstić information content (AvgIpc) is 2.35. The molecule has 0 aromatic heterocycles. The minimum atomic E-state index is -0.273. The highest BCUT2D eigenvalue weighted by atomic mass is 19.1. The SMILES string of the molecule is C[C@H](CF)CC1CNC(=O)C1. The summed E-state index contributed by atoms with van der Waals surface area (Å²) in [4.78, 5) is 10.7. The molecule has 0 radical (unpaired) electrons. The Labute approximate surface area is 66.2 Å². The van der Waals surface area contributed by atoms with Crippen LogP contribution in [0.5, 0.6) is 0 Å². The van der Waals surface area contributed by atoms with Gasteiger partial charge in [-0.2, -0.15) is 0 Å². The molecule has 1 heterocycles. The largest absolute Gasteiger partial charge is 0.356 e. The molecule has 0 aliphatic carbocycles. The second kappa shape index (κ2) is 3.69. The van der Waals surface area contributed by atoms with Gasteiger partial charge in [0.1, 0.15) is 0 Å². The second-order valence-electron chi connectivity index (χ2n) is 3.37. The summed E-state index contributed by atoms with van der Waals surface area (Å²) < 4.78 is 12.0. The molecule has 3 heteroatoms. The molecule has 1 aliphatic rings. The fourth-order valence-corrected chi connectivity index (χ4v) is 1.46. The van der Waals surface area contributed by atoms with Gasteiger partial charge in [-0.1, -0.05) is 6.92 Å². The van der Waals surface area contributed by atoms with Gasteiger partial charge in [0.25, 0.3) is 0 Å². The summed E-state index contributed by atoms with van der Waals surface area (Å²) in [5.41, 5.74) is 0. The number of amides is 1.